The van der Waals surface area contributed by atoms with Crippen LogP contribution >= 0.6 is 11.6 Å². The Hall–Kier alpha value is -1.44. The van der Waals surface area contributed by atoms with Crippen molar-refractivity contribution >= 4 is 17.3 Å². The largest absolute Gasteiger partial charge is 0.495 e. The first-order valence-electron chi connectivity index (χ1n) is 6.38. The smallest absolute Gasteiger partial charge is 0.142 e. The highest BCUT2D eigenvalue weighted by atomic mass is 35.5. The molecule has 1 aliphatic rings. The van der Waals surface area contributed by atoms with Crippen molar-refractivity contribution in [3.63, 3.8) is 0 Å². The van der Waals surface area contributed by atoms with E-state index in [4.69, 9.17) is 21.6 Å². The minimum atomic E-state index is -0.419. The van der Waals surface area contributed by atoms with Crippen molar-refractivity contribution in [2.45, 2.75) is 5.38 Å². The molecule has 0 amide bonds. The normalized spacial score (nSPS) is 17.8. The number of anilines is 1. The van der Waals surface area contributed by atoms with Gasteiger partial charge in [-0.2, -0.15) is 5.26 Å². The predicted octanol–water partition coefficient (Wildman–Crippen LogP) is 1.95. The Labute approximate surface area is 119 Å². The van der Waals surface area contributed by atoms with Crippen molar-refractivity contribution in [3.8, 4) is 11.8 Å². The third kappa shape index (κ3) is 3.52. The summed E-state index contributed by atoms with van der Waals surface area (Å²) >= 11 is 5.86. The van der Waals surface area contributed by atoms with E-state index in [1.807, 2.05) is 18.2 Å². The van der Waals surface area contributed by atoms with Gasteiger partial charge in [0.25, 0.3) is 0 Å². The summed E-state index contributed by atoms with van der Waals surface area (Å²) in [4.78, 5) is 4.54. The first kappa shape index (κ1) is 14.0. The zero-order chi connectivity index (χ0) is 13.7. The third-order valence-electron chi connectivity index (χ3n) is 3.36. The van der Waals surface area contributed by atoms with Gasteiger partial charge in [-0.25, -0.2) is 0 Å². The van der Waals surface area contributed by atoms with Crippen LogP contribution in [0, 0.1) is 11.3 Å². The van der Waals surface area contributed by atoms with Crippen molar-refractivity contribution in [3.05, 3.63) is 24.3 Å². The lowest BCUT2D eigenvalue weighted by atomic mass is 10.2. The molecule has 1 unspecified atom stereocenters. The number of para-hydroxylation sites is 2. The molecule has 0 N–H and O–H groups in total. The van der Waals surface area contributed by atoms with Crippen molar-refractivity contribution in [2.75, 3.05) is 44.7 Å². The van der Waals surface area contributed by atoms with Crippen molar-refractivity contribution in [1.82, 2.24) is 4.90 Å². The van der Waals surface area contributed by atoms with Gasteiger partial charge in [-0.15, -0.1) is 11.6 Å². The summed E-state index contributed by atoms with van der Waals surface area (Å²) in [5, 5.41) is 8.31. The zero-order valence-electron chi connectivity index (χ0n) is 11.1. The number of nitriles is 1. The van der Waals surface area contributed by atoms with Crippen LogP contribution in [0.3, 0.4) is 0 Å². The molecule has 0 saturated carbocycles. The van der Waals surface area contributed by atoms with Crippen LogP contribution in [0.25, 0.3) is 0 Å². The molecular weight excluding hydrogens is 262 g/mol. The second-order valence-electron chi connectivity index (χ2n) is 4.56. The van der Waals surface area contributed by atoms with Gasteiger partial charge < -0.3 is 9.64 Å². The number of nitrogens with zero attached hydrogens (tertiary/aromatic N) is 3. The molecule has 1 heterocycles. The van der Waals surface area contributed by atoms with Gasteiger partial charge in [-0.3, -0.25) is 4.90 Å². The van der Waals surface area contributed by atoms with Gasteiger partial charge in [-0.05, 0) is 12.1 Å². The minimum absolute atomic E-state index is 0.419. The molecule has 0 aliphatic carbocycles. The Morgan fingerprint density at radius 3 is 2.63 bits per heavy atom. The number of alkyl halides is 1. The highest BCUT2D eigenvalue weighted by Crippen LogP contribution is 2.28. The van der Waals surface area contributed by atoms with Gasteiger partial charge in [0.1, 0.15) is 11.1 Å². The Morgan fingerprint density at radius 1 is 1.32 bits per heavy atom. The van der Waals surface area contributed by atoms with Crippen LogP contribution in [0.1, 0.15) is 0 Å². The molecular formula is C14H18ClN3O. The number of piperazine rings is 1. The fraction of sp³-hybridized carbons (Fsp3) is 0.500. The predicted molar refractivity (Wildman–Crippen MR) is 76.9 cm³/mol. The summed E-state index contributed by atoms with van der Waals surface area (Å²) < 4.78 is 5.39. The molecule has 0 bridgehead atoms. The molecule has 102 valence electrons. The van der Waals surface area contributed by atoms with Gasteiger partial charge in [0, 0.05) is 32.7 Å². The summed E-state index contributed by atoms with van der Waals surface area (Å²) in [5.41, 5.74) is 1.13. The molecule has 0 spiro atoms. The van der Waals surface area contributed by atoms with Gasteiger partial charge in [-0.1, -0.05) is 12.1 Å². The Balaban J connectivity index is 1.95. The van der Waals surface area contributed by atoms with E-state index in [0.29, 0.717) is 6.54 Å². The molecule has 1 aliphatic heterocycles. The van der Waals surface area contributed by atoms with Crippen LogP contribution in [-0.2, 0) is 0 Å². The highest BCUT2D eigenvalue weighted by molar-refractivity contribution is 6.22. The Kier molecular flexibility index (Phi) is 4.89. The van der Waals surface area contributed by atoms with Gasteiger partial charge >= 0.3 is 0 Å². The third-order valence-corrected chi connectivity index (χ3v) is 3.59. The number of ether oxygens (including phenoxy) is 1. The Morgan fingerprint density at radius 2 is 2.00 bits per heavy atom. The van der Waals surface area contributed by atoms with Crippen LogP contribution in [0.4, 0.5) is 5.69 Å². The minimum Gasteiger partial charge on any atom is -0.495 e. The van der Waals surface area contributed by atoms with E-state index in [0.717, 1.165) is 37.6 Å². The van der Waals surface area contributed by atoms with E-state index in [2.05, 4.69) is 21.9 Å². The molecule has 5 heteroatoms. The summed E-state index contributed by atoms with van der Waals surface area (Å²) in [5.74, 6) is 0.906. The van der Waals surface area contributed by atoms with Crippen molar-refractivity contribution in [1.29, 1.82) is 5.26 Å². The number of rotatable bonds is 4. The van der Waals surface area contributed by atoms with Gasteiger partial charge in [0.15, 0.2) is 0 Å². The number of halogens is 1. The molecule has 0 aromatic heterocycles. The van der Waals surface area contributed by atoms with Crippen LogP contribution in [0.5, 0.6) is 5.75 Å². The maximum absolute atomic E-state index is 8.73. The maximum Gasteiger partial charge on any atom is 0.142 e. The zero-order valence-corrected chi connectivity index (χ0v) is 11.8. The van der Waals surface area contributed by atoms with Crippen molar-refractivity contribution in [2.24, 2.45) is 0 Å². The van der Waals surface area contributed by atoms with E-state index in [-0.39, 0.29) is 0 Å². The van der Waals surface area contributed by atoms with Crippen molar-refractivity contribution < 1.29 is 4.74 Å². The van der Waals surface area contributed by atoms with E-state index in [9.17, 15) is 0 Å². The second-order valence-corrected chi connectivity index (χ2v) is 5.08. The number of hydrogen-bond acceptors (Lipinski definition) is 4. The first-order valence-corrected chi connectivity index (χ1v) is 6.82. The monoisotopic (exact) mass is 279 g/mol. The standard InChI is InChI=1S/C14H18ClN3O/c1-19-14-5-3-2-4-13(14)18-8-6-17(7-9-18)11-12(15)10-16/h2-5,12H,6-9,11H2,1H3. The van der Waals surface area contributed by atoms with E-state index < -0.39 is 5.38 Å². The lowest BCUT2D eigenvalue weighted by molar-refractivity contribution is 0.264. The van der Waals surface area contributed by atoms with E-state index >= 15 is 0 Å². The molecule has 19 heavy (non-hydrogen) atoms. The summed E-state index contributed by atoms with van der Waals surface area (Å²) in [6.45, 7) is 4.33. The molecule has 1 fully saturated rings. The average molecular weight is 280 g/mol. The Bertz CT molecular complexity index is 452. The number of methoxy groups -OCH3 is 1. The topological polar surface area (TPSA) is 39.5 Å². The summed E-state index contributed by atoms with van der Waals surface area (Å²) in [6.07, 6.45) is 0. The fourth-order valence-corrected chi connectivity index (χ4v) is 2.53. The van der Waals surface area contributed by atoms with Gasteiger partial charge in [0.05, 0.1) is 18.9 Å². The molecule has 1 atom stereocenters. The number of benzene rings is 1. The quantitative estimate of drug-likeness (QED) is 0.790. The van der Waals surface area contributed by atoms with Crippen LogP contribution in [0.2, 0.25) is 0 Å². The van der Waals surface area contributed by atoms with Crippen LogP contribution < -0.4 is 9.64 Å². The molecule has 4 nitrogen and oxygen atoms in total. The first-order chi connectivity index (χ1) is 9.24. The summed E-state index contributed by atoms with van der Waals surface area (Å²) in [6, 6.07) is 10.1. The average Bonchev–Trinajstić information content (AvgIpc) is 2.48. The van der Waals surface area contributed by atoms with E-state index in [1.165, 1.54) is 0 Å². The molecule has 1 aromatic carbocycles. The lowest BCUT2D eigenvalue weighted by Gasteiger charge is -2.36. The number of hydrogen-bond donors (Lipinski definition) is 0. The fourth-order valence-electron chi connectivity index (χ4n) is 2.33. The van der Waals surface area contributed by atoms with Gasteiger partial charge in [0.2, 0.25) is 0 Å². The molecule has 2 rings (SSSR count). The molecule has 1 saturated heterocycles. The van der Waals surface area contributed by atoms with E-state index in [1.54, 1.807) is 7.11 Å². The maximum atomic E-state index is 8.73. The lowest BCUT2D eigenvalue weighted by Crippen LogP contribution is -2.48. The SMILES string of the molecule is COc1ccccc1N1CCN(CC(Cl)C#N)CC1. The highest BCUT2D eigenvalue weighted by Gasteiger charge is 2.20. The second kappa shape index (κ2) is 6.65. The molecule has 1 aromatic rings. The summed E-state index contributed by atoms with van der Waals surface area (Å²) in [7, 11) is 1.69. The van der Waals surface area contributed by atoms with Crippen LogP contribution in [0.15, 0.2) is 24.3 Å². The van der Waals surface area contributed by atoms with Crippen LogP contribution in [-0.4, -0.2) is 50.1 Å². The molecule has 0 radical (unpaired) electrons.